The third-order valence-corrected chi connectivity index (χ3v) is 2.95. The first-order chi connectivity index (χ1) is 8.22. The smallest absolute Gasteiger partial charge is 0.119 e. The fourth-order valence-corrected chi connectivity index (χ4v) is 1.80. The summed E-state index contributed by atoms with van der Waals surface area (Å²) in [6.45, 7) is 5.31. The van der Waals surface area contributed by atoms with Gasteiger partial charge in [0.1, 0.15) is 5.75 Å². The van der Waals surface area contributed by atoms with E-state index in [4.69, 9.17) is 10.5 Å². The van der Waals surface area contributed by atoms with Crippen LogP contribution in [0.4, 0.5) is 0 Å². The lowest BCUT2D eigenvalue weighted by Crippen LogP contribution is -2.21. The van der Waals surface area contributed by atoms with Crippen molar-refractivity contribution in [3.63, 3.8) is 0 Å². The molecule has 3 N–H and O–H groups in total. The van der Waals surface area contributed by atoms with E-state index in [0.29, 0.717) is 13.2 Å². The van der Waals surface area contributed by atoms with E-state index in [0.717, 1.165) is 24.2 Å². The minimum atomic E-state index is -0.504. The standard InChI is InChI=1S/C14H23NO2/c1-3-8-17-13-7-5-6-12(9-13)14(16)11(4-2)10-15/h5-7,9,11,14,16H,3-4,8,10,15H2,1-2H3. The number of benzene rings is 1. The maximum Gasteiger partial charge on any atom is 0.119 e. The number of nitrogens with two attached hydrogens (primary N) is 1. The van der Waals surface area contributed by atoms with E-state index in [-0.39, 0.29) is 5.92 Å². The van der Waals surface area contributed by atoms with Gasteiger partial charge in [-0.1, -0.05) is 26.0 Å². The topological polar surface area (TPSA) is 55.5 Å². The quantitative estimate of drug-likeness (QED) is 0.766. The van der Waals surface area contributed by atoms with Gasteiger partial charge in [0.15, 0.2) is 0 Å². The zero-order valence-corrected chi connectivity index (χ0v) is 10.7. The van der Waals surface area contributed by atoms with Crippen LogP contribution in [0.25, 0.3) is 0 Å². The van der Waals surface area contributed by atoms with Crippen molar-refractivity contribution >= 4 is 0 Å². The number of hydrogen-bond donors (Lipinski definition) is 2. The van der Waals surface area contributed by atoms with Crippen molar-refractivity contribution in [1.82, 2.24) is 0 Å². The average Bonchev–Trinajstić information content (AvgIpc) is 2.38. The van der Waals surface area contributed by atoms with Crippen LogP contribution in [0.2, 0.25) is 0 Å². The number of ether oxygens (including phenoxy) is 1. The van der Waals surface area contributed by atoms with Crippen molar-refractivity contribution in [1.29, 1.82) is 0 Å². The summed E-state index contributed by atoms with van der Waals surface area (Å²) in [5.74, 6) is 0.923. The molecule has 1 rings (SSSR count). The van der Waals surface area contributed by atoms with E-state index in [1.165, 1.54) is 0 Å². The number of hydrogen-bond acceptors (Lipinski definition) is 3. The fraction of sp³-hybridized carbons (Fsp3) is 0.571. The van der Waals surface area contributed by atoms with Gasteiger partial charge in [0, 0.05) is 5.92 Å². The third-order valence-electron chi connectivity index (χ3n) is 2.95. The monoisotopic (exact) mass is 237 g/mol. The highest BCUT2D eigenvalue weighted by Crippen LogP contribution is 2.26. The second kappa shape index (κ2) is 7.30. The van der Waals surface area contributed by atoms with Crippen LogP contribution in [-0.2, 0) is 0 Å². The molecule has 96 valence electrons. The van der Waals surface area contributed by atoms with E-state index in [2.05, 4.69) is 6.92 Å². The molecule has 0 aliphatic heterocycles. The Hall–Kier alpha value is -1.06. The Morgan fingerprint density at radius 2 is 2.12 bits per heavy atom. The summed E-state index contributed by atoms with van der Waals surface area (Å²) in [5.41, 5.74) is 6.53. The van der Waals surface area contributed by atoms with Crippen LogP contribution in [0.15, 0.2) is 24.3 Å². The molecule has 0 saturated heterocycles. The van der Waals surface area contributed by atoms with Crippen LogP contribution in [0.5, 0.6) is 5.75 Å². The van der Waals surface area contributed by atoms with Gasteiger partial charge in [-0.05, 0) is 37.1 Å². The summed E-state index contributed by atoms with van der Waals surface area (Å²) in [5, 5.41) is 10.2. The molecule has 17 heavy (non-hydrogen) atoms. The fourth-order valence-electron chi connectivity index (χ4n) is 1.80. The van der Waals surface area contributed by atoms with Gasteiger partial charge in [0.25, 0.3) is 0 Å². The highest BCUT2D eigenvalue weighted by molar-refractivity contribution is 5.30. The highest BCUT2D eigenvalue weighted by atomic mass is 16.5. The van der Waals surface area contributed by atoms with Gasteiger partial charge in [-0.25, -0.2) is 0 Å². The molecule has 2 unspecified atom stereocenters. The van der Waals surface area contributed by atoms with Crippen molar-refractivity contribution in [3.05, 3.63) is 29.8 Å². The van der Waals surface area contributed by atoms with Gasteiger partial charge >= 0.3 is 0 Å². The molecule has 0 aliphatic carbocycles. The molecule has 1 aromatic carbocycles. The van der Waals surface area contributed by atoms with Crippen LogP contribution in [0.3, 0.4) is 0 Å². The molecule has 0 heterocycles. The lowest BCUT2D eigenvalue weighted by molar-refractivity contribution is 0.109. The molecule has 3 heteroatoms. The summed E-state index contributed by atoms with van der Waals surface area (Å²) in [6.07, 6.45) is 1.35. The van der Waals surface area contributed by atoms with Gasteiger partial charge in [-0.2, -0.15) is 0 Å². The second-order valence-electron chi connectivity index (χ2n) is 4.27. The number of aliphatic hydroxyl groups excluding tert-OH is 1. The van der Waals surface area contributed by atoms with E-state index in [1.807, 2.05) is 31.2 Å². The first-order valence-electron chi connectivity index (χ1n) is 6.33. The van der Waals surface area contributed by atoms with E-state index in [9.17, 15) is 5.11 Å². The zero-order chi connectivity index (χ0) is 12.7. The number of aliphatic hydroxyl groups is 1. The van der Waals surface area contributed by atoms with Gasteiger partial charge in [0.2, 0.25) is 0 Å². The SMILES string of the molecule is CCCOc1cccc(C(O)C(CC)CN)c1. The molecule has 0 radical (unpaired) electrons. The van der Waals surface area contributed by atoms with Crippen LogP contribution in [-0.4, -0.2) is 18.3 Å². The Bertz CT molecular complexity index is 324. The van der Waals surface area contributed by atoms with Crippen molar-refractivity contribution in [2.45, 2.75) is 32.8 Å². The van der Waals surface area contributed by atoms with Crippen LogP contribution < -0.4 is 10.5 Å². The Balaban J connectivity index is 2.75. The number of rotatable bonds is 7. The predicted octanol–water partition coefficient (Wildman–Crippen LogP) is 2.49. The van der Waals surface area contributed by atoms with Gasteiger partial charge in [-0.15, -0.1) is 0 Å². The third kappa shape index (κ3) is 4.02. The van der Waals surface area contributed by atoms with Crippen LogP contribution in [0.1, 0.15) is 38.4 Å². The first kappa shape index (κ1) is 14.0. The Morgan fingerprint density at radius 3 is 2.71 bits per heavy atom. The molecular weight excluding hydrogens is 214 g/mol. The van der Waals surface area contributed by atoms with E-state index in [1.54, 1.807) is 0 Å². The maximum atomic E-state index is 10.2. The summed E-state index contributed by atoms with van der Waals surface area (Å²) < 4.78 is 5.55. The molecule has 0 bridgehead atoms. The minimum Gasteiger partial charge on any atom is -0.494 e. The van der Waals surface area contributed by atoms with E-state index < -0.39 is 6.10 Å². The molecule has 0 aromatic heterocycles. The molecule has 0 spiro atoms. The van der Waals surface area contributed by atoms with Gasteiger partial charge in [-0.3, -0.25) is 0 Å². The molecule has 0 aliphatic rings. The maximum absolute atomic E-state index is 10.2. The van der Waals surface area contributed by atoms with E-state index >= 15 is 0 Å². The summed E-state index contributed by atoms with van der Waals surface area (Å²) in [6, 6.07) is 7.64. The minimum absolute atomic E-state index is 0.108. The normalized spacial score (nSPS) is 14.4. The molecule has 0 amide bonds. The second-order valence-corrected chi connectivity index (χ2v) is 4.27. The molecule has 3 nitrogen and oxygen atoms in total. The molecule has 0 saturated carbocycles. The van der Waals surface area contributed by atoms with Gasteiger partial charge in [0.05, 0.1) is 12.7 Å². The largest absolute Gasteiger partial charge is 0.494 e. The van der Waals surface area contributed by atoms with Crippen molar-refractivity contribution < 1.29 is 9.84 Å². The summed E-state index contributed by atoms with van der Waals surface area (Å²) >= 11 is 0. The predicted molar refractivity (Wildman–Crippen MR) is 70.0 cm³/mol. The van der Waals surface area contributed by atoms with Crippen LogP contribution in [0, 0.1) is 5.92 Å². The summed E-state index contributed by atoms with van der Waals surface area (Å²) in [4.78, 5) is 0. The Morgan fingerprint density at radius 1 is 1.35 bits per heavy atom. The van der Waals surface area contributed by atoms with Crippen molar-refractivity contribution in [2.24, 2.45) is 11.7 Å². The van der Waals surface area contributed by atoms with Crippen LogP contribution >= 0.6 is 0 Å². The average molecular weight is 237 g/mol. The molecule has 2 atom stereocenters. The molecular formula is C14H23NO2. The highest BCUT2D eigenvalue weighted by Gasteiger charge is 2.18. The Kier molecular flexibility index (Phi) is 6.01. The zero-order valence-electron chi connectivity index (χ0n) is 10.7. The van der Waals surface area contributed by atoms with Gasteiger partial charge < -0.3 is 15.6 Å². The molecule has 0 fully saturated rings. The Labute approximate surface area is 104 Å². The molecule has 1 aromatic rings. The summed E-state index contributed by atoms with van der Waals surface area (Å²) in [7, 11) is 0. The first-order valence-corrected chi connectivity index (χ1v) is 6.33. The lowest BCUT2D eigenvalue weighted by Gasteiger charge is -2.20. The van der Waals surface area contributed by atoms with Crippen molar-refractivity contribution in [2.75, 3.05) is 13.2 Å². The lowest BCUT2D eigenvalue weighted by atomic mass is 9.93. The van der Waals surface area contributed by atoms with Crippen molar-refractivity contribution in [3.8, 4) is 5.75 Å².